The monoisotopic (exact) mass is 157 g/mol. The molecule has 11 heavy (non-hydrogen) atoms. The van der Waals surface area contributed by atoms with E-state index >= 15 is 0 Å². The van der Waals surface area contributed by atoms with Gasteiger partial charge in [0.15, 0.2) is 0 Å². The molecule has 0 bridgehead atoms. The van der Waals surface area contributed by atoms with Crippen LogP contribution in [0.15, 0.2) is 0 Å². The van der Waals surface area contributed by atoms with E-state index in [4.69, 9.17) is 15.2 Å². The van der Waals surface area contributed by atoms with E-state index in [1.54, 1.807) is 0 Å². The molecule has 3 heteroatoms. The van der Waals surface area contributed by atoms with Crippen LogP contribution in [0.3, 0.4) is 0 Å². The zero-order valence-electron chi connectivity index (χ0n) is 6.71. The number of rotatable bonds is 3. The van der Waals surface area contributed by atoms with Gasteiger partial charge in [0.2, 0.25) is 0 Å². The van der Waals surface area contributed by atoms with Crippen LogP contribution in [0.5, 0.6) is 0 Å². The van der Waals surface area contributed by atoms with Crippen molar-refractivity contribution in [1.82, 2.24) is 0 Å². The highest BCUT2D eigenvalue weighted by Gasteiger charge is 2.39. The first-order valence-electron chi connectivity index (χ1n) is 4.24. The third-order valence-electron chi connectivity index (χ3n) is 2.68. The average molecular weight is 157 g/mol. The van der Waals surface area contributed by atoms with Gasteiger partial charge in [-0.3, -0.25) is 0 Å². The van der Waals surface area contributed by atoms with Crippen LogP contribution >= 0.6 is 0 Å². The van der Waals surface area contributed by atoms with Gasteiger partial charge in [-0.05, 0) is 12.8 Å². The summed E-state index contributed by atoms with van der Waals surface area (Å²) in [5.41, 5.74) is 5.96. The summed E-state index contributed by atoms with van der Waals surface area (Å²) in [5.74, 6) is 0. The Balaban J connectivity index is 1.91. The molecule has 0 aromatic heterocycles. The van der Waals surface area contributed by atoms with E-state index in [9.17, 15) is 0 Å². The van der Waals surface area contributed by atoms with E-state index in [1.165, 1.54) is 0 Å². The second-order valence-electron chi connectivity index (χ2n) is 3.67. The van der Waals surface area contributed by atoms with Gasteiger partial charge in [0.25, 0.3) is 0 Å². The van der Waals surface area contributed by atoms with Crippen molar-refractivity contribution in [1.29, 1.82) is 0 Å². The Morgan fingerprint density at radius 1 is 1.55 bits per heavy atom. The van der Waals surface area contributed by atoms with Gasteiger partial charge in [-0.25, -0.2) is 0 Å². The zero-order valence-corrected chi connectivity index (χ0v) is 6.71. The smallest absolute Gasteiger partial charge is 0.0816 e. The van der Waals surface area contributed by atoms with Gasteiger partial charge >= 0.3 is 0 Å². The van der Waals surface area contributed by atoms with Gasteiger partial charge in [0, 0.05) is 18.6 Å². The molecule has 2 saturated heterocycles. The van der Waals surface area contributed by atoms with Crippen molar-refractivity contribution in [2.75, 3.05) is 26.4 Å². The summed E-state index contributed by atoms with van der Waals surface area (Å²) in [6.07, 6.45) is 2.70. The molecule has 2 unspecified atom stereocenters. The first-order valence-corrected chi connectivity index (χ1v) is 4.24. The highest BCUT2D eigenvalue weighted by molar-refractivity contribution is 4.89. The van der Waals surface area contributed by atoms with Crippen LogP contribution in [-0.2, 0) is 9.47 Å². The summed E-state index contributed by atoms with van der Waals surface area (Å²) in [7, 11) is 0. The second-order valence-corrected chi connectivity index (χ2v) is 3.67. The van der Waals surface area contributed by atoms with E-state index in [-0.39, 0.29) is 5.41 Å². The normalized spacial score (nSPS) is 42.8. The first kappa shape index (κ1) is 7.53. The van der Waals surface area contributed by atoms with Crippen molar-refractivity contribution >= 4 is 0 Å². The van der Waals surface area contributed by atoms with Gasteiger partial charge in [-0.15, -0.1) is 0 Å². The van der Waals surface area contributed by atoms with Crippen LogP contribution in [0, 0.1) is 5.41 Å². The lowest BCUT2D eigenvalue weighted by molar-refractivity contribution is 0.143. The fourth-order valence-electron chi connectivity index (χ4n) is 1.72. The molecule has 2 N–H and O–H groups in total. The van der Waals surface area contributed by atoms with Crippen LogP contribution < -0.4 is 5.73 Å². The van der Waals surface area contributed by atoms with Crippen LogP contribution in [-0.4, -0.2) is 32.5 Å². The maximum atomic E-state index is 5.71. The minimum atomic E-state index is 0.251. The highest BCUT2D eigenvalue weighted by Crippen LogP contribution is 2.36. The van der Waals surface area contributed by atoms with Crippen molar-refractivity contribution in [3.8, 4) is 0 Å². The average Bonchev–Trinajstić information content (AvgIpc) is 2.68. The van der Waals surface area contributed by atoms with Gasteiger partial charge < -0.3 is 15.2 Å². The molecule has 0 amide bonds. The van der Waals surface area contributed by atoms with Crippen LogP contribution in [0.25, 0.3) is 0 Å². The lowest BCUT2D eigenvalue weighted by atomic mass is 9.83. The van der Waals surface area contributed by atoms with Crippen LogP contribution in [0.4, 0.5) is 0 Å². The predicted molar refractivity (Wildman–Crippen MR) is 41.3 cm³/mol. The largest absolute Gasteiger partial charge is 0.381 e. The topological polar surface area (TPSA) is 47.8 Å². The molecular formula is C8H15NO2. The Morgan fingerprint density at radius 3 is 2.82 bits per heavy atom. The Bertz CT molecular complexity index is 139. The van der Waals surface area contributed by atoms with Crippen molar-refractivity contribution < 1.29 is 9.47 Å². The van der Waals surface area contributed by atoms with Gasteiger partial charge in [0.05, 0.1) is 19.3 Å². The molecule has 0 spiro atoms. The summed E-state index contributed by atoms with van der Waals surface area (Å²) >= 11 is 0. The molecule has 2 heterocycles. The fraction of sp³-hybridized carbons (Fsp3) is 1.00. The number of nitrogens with two attached hydrogens (primary N) is 1. The predicted octanol–water partition coefficient (Wildman–Crippen LogP) is 0.141. The first-order chi connectivity index (χ1) is 5.35. The van der Waals surface area contributed by atoms with E-state index in [2.05, 4.69) is 0 Å². The van der Waals surface area contributed by atoms with Crippen LogP contribution in [0.2, 0.25) is 0 Å². The molecule has 0 aliphatic carbocycles. The SMILES string of the molecule is NCC1(CC2CO2)CCOC1. The second kappa shape index (κ2) is 2.73. The van der Waals surface area contributed by atoms with E-state index in [1.807, 2.05) is 0 Å². The number of hydrogen-bond acceptors (Lipinski definition) is 3. The summed E-state index contributed by atoms with van der Waals surface area (Å²) < 4.78 is 10.5. The van der Waals surface area contributed by atoms with Gasteiger partial charge in [0.1, 0.15) is 0 Å². The van der Waals surface area contributed by atoms with E-state index < -0.39 is 0 Å². The molecule has 2 aliphatic heterocycles. The maximum absolute atomic E-state index is 5.71. The molecule has 0 saturated carbocycles. The molecule has 0 radical (unpaired) electrons. The molecule has 0 aromatic carbocycles. The Hall–Kier alpha value is -0.120. The lowest BCUT2D eigenvalue weighted by Crippen LogP contribution is -2.32. The third-order valence-corrected chi connectivity index (χ3v) is 2.68. The number of ether oxygens (including phenoxy) is 2. The summed E-state index contributed by atoms with van der Waals surface area (Å²) in [6, 6.07) is 0. The number of hydrogen-bond donors (Lipinski definition) is 1. The third kappa shape index (κ3) is 1.55. The quantitative estimate of drug-likeness (QED) is 0.593. The molecule has 2 atom stereocenters. The Labute approximate surface area is 66.8 Å². The minimum Gasteiger partial charge on any atom is -0.381 e. The molecular weight excluding hydrogens is 142 g/mol. The maximum Gasteiger partial charge on any atom is 0.0816 e. The lowest BCUT2D eigenvalue weighted by Gasteiger charge is -2.23. The Kier molecular flexibility index (Phi) is 1.87. The van der Waals surface area contributed by atoms with E-state index in [0.29, 0.717) is 6.10 Å². The minimum absolute atomic E-state index is 0.251. The molecule has 64 valence electrons. The van der Waals surface area contributed by atoms with Crippen LogP contribution in [0.1, 0.15) is 12.8 Å². The molecule has 3 nitrogen and oxygen atoms in total. The molecule has 2 fully saturated rings. The standard InChI is InChI=1S/C8H15NO2/c9-5-8(1-2-10-6-8)3-7-4-11-7/h7H,1-6,9H2. The fourth-order valence-corrected chi connectivity index (χ4v) is 1.72. The summed E-state index contributed by atoms with van der Waals surface area (Å²) in [6.45, 7) is 3.39. The number of epoxide rings is 1. The van der Waals surface area contributed by atoms with Crippen molar-refractivity contribution in [3.63, 3.8) is 0 Å². The summed E-state index contributed by atoms with van der Waals surface area (Å²) in [4.78, 5) is 0. The van der Waals surface area contributed by atoms with Gasteiger partial charge in [-0.2, -0.15) is 0 Å². The zero-order chi connectivity index (χ0) is 7.73. The van der Waals surface area contributed by atoms with Crippen molar-refractivity contribution in [3.05, 3.63) is 0 Å². The van der Waals surface area contributed by atoms with E-state index in [0.717, 1.165) is 39.2 Å². The molecule has 0 aromatic rings. The van der Waals surface area contributed by atoms with Crippen molar-refractivity contribution in [2.24, 2.45) is 11.1 Å². The summed E-state index contributed by atoms with van der Waals surface area (Å²) in [5, 5.41) is 0. The van der Waals surface area contributed by atoms with Gasteiger partial charge in [-0.1, -0.05) is 0 Å². The molecule has 2 aliphatic rings. The van der Waals surface area contributed by atoms with Crippen molar-refractivity contribution in [2.45, 2.75) is 18.9 Å². The highest BCUT2D eigenvalue weighted by atomic mass is 16.6. The molecule has 2 rings (SSSR count). The Morgan fingerprint density at radius 2 is 2.36 bits per heavy atom.